The molecular weight excluding hydrogens is 263 g/mol. The summed E-state index contributed by atoms with van der Waals surface area (Å²) in [4.78, 5) is 0. The quantitative estimate of drug-likeness (QED) is 0.863. The fourth-order valence-corrected chi connectivity index (χ4v) is 2.09. The van der Waals surface area contributed by atoms with Crippen LogP contribution in [0.4, 0.5) is 4.39 Å². The highest BCUT2D eigenvalue weighted by molar-refractivity contribution is 7.84. The van der Waals surface area contributed by atoms with Crippen LogP contribution in [0, 0.1) is 29.5 Å². The summed E-state index contributed by atoms with van der Waals surface area (Å²) in [6.45, 7) is 5.35. The van der Waals surface area contributed by atoms with Crippen LogP contribution < -0.4 is 4.72 Å². The van der Waals surface area contributed by atoms with Crippen LogP contribution in [0.3, 0.4) is 0 Å². The van der Waals surface area contributed by atoms with Crippen molar-refractivity contribution in [1.29, 1.82) is 5.26 Å². The number of nitrogens with zero attached hydrogens (tertiary/aromatic N) is 1. The molecule has 0 saturated heterocycles. The van der Waals surface area contributed by atoms with E-state index in [9.17, 15) is 8.60 Å². The number of nitrogens with one attached hydrogen (secondary N) is 1. The number of terminal acetylenes is 1. The zero-order valence-electron chi connectivity index (χ0n) is 11.0. The SMILES string of the molecule is C#C[C@@H](N[S@@](=O)C(C)(C)C)c1cccc(C#N)c1F. The third-order valence-corrected chi connectivity index (χ3v) is 3.97. The maximum atomic E-state index is 14.0. The molecule has 0 bridgehead atoms. The van der Waals surface area contributed by atoms with Gasteiger partial charge in [0.25, 0.3) is 0 Å². The molecule has 3 nitrogen and oxygen atoms in total. The number of nitriles is 1. The smallest absolute Gasteiger partial charge is 0.146 e. The number of rotatable bonds is 3. The van der Waals surface area contributed by atoms with Crippen molar-refractivity contribution < 1.29 is 8.60 Å². The van der Waals surface area contributed by atoms with Gasteiger partial charge in [-0.1, -0.05) is 18.1 Å². The molecule has 0 unspecified atom stereocenters. The van der Waals surface area contributed by atoms with Gasteiger partial charge in [0.15, 0.2) is 0 Å². The first-order chi connectivity index (χ1) is 8.81. The second-order valence-corrected chi connectivity index (χ2v) is 6.92. The monoisotopic (exact) mass is 278 g/mol. The van der Waals surface area contributed by atoms with Crippen molar-refractivity contribution in [1.82, 2.24) is 4.72 Å². The van der Waals surface area contributed by atoms with E-state index in [-0.39, 0.29) is 11.1 Å². The lowest BCUT2D eigenvalue weighted by Crippen LogP contribution is -2.35. The molecule has 0 heterocycles. The van der Waals surface area contributed by atoms with Crippen molar-refractivity contribution in [2.75, 3.05) is 0 Å². The van der Waals surface area contributed by atoms with Crippen molar-refractivity contribution in [3.8, 4) is 18.4 Å². The molecule has 1 N–H and O–H groups in total. The minimum absolute atomic E-state index is 0.0823. The Bertz CT molecular complexity index is 579. The van der Waals surface area contributed by atoms with E-state index in [1.807, 2.05) is 0 Å². The lowest BCUT2D eigenvalue weighted by atomic mass is 10.0. The van der Waals surface area contributed by atoms with Crippen LogP contribution >= 0.6 is 0 Å². The predicted molar refractivity (Wildman–Crippen MR) is 73.7 cm³/mol. The fourth-order valence-electron chi connectivity index (χ4n) is 1.33. The highest BCUT2D eigenvalue weighted by Gasteiger charge is 2.24. The number of benzene rings is 1. The molecule has 2 atom stereocenters. The van der Waals surface area contributed by atoms with Gasteiger partial charge in [0.05, 0.1) is 21.3 Å². The van der Waals surface area contributed by atoms with Crippen LogP contribution in [0.5, 0.6) is 0 Å². The predicted octanol–water partition coefficient (Wildman–Crippen LogP) is 2.42. The first kappa shape index (κ1) is 15.4. The Labute approximate surface area is 115 Å². The van der Waals surface area contributed by atoms with Gasteiger partial charge in [-0.15, -0.1) is 6.42 Å². The molecule has 0 aliphatic rings. The van der Waals surface area contributed by atoms with Crippen molar-refractivity contribution in [3.05, 3.63) is 35.1 Å². The standard InChI is InChI=1S/C14H15FN2OS/c1-5-12(17-19(18)14(2,3)4)11-8-6-7-10(9-16)13(11)15/h1,6-8,12,17H,2-4H3/t12-,19+/m1/s1. The molecule has 1 aromatic carbocycles. The van der Waals surface area contributed by atoms with Crippen molar-refractivity contribution in [3.63, 3.8) is 0 Å². The number of halogens is 1. The lowest BCUT2D eigenvalue weighted by Gasteiger charge is -2.22. The van der Waals surface area contributed by atoms with Gasteiger partial charge < -0.3 is 0 Å². The molecule has 0 saturated carbocycles. The fraction of sp³-hybridized carbons (Fsp3) is 0.357. The van der Waals surface area contributed by atoms with Crippen molar-refractivity contribution in [2.45, 2.75) is 31.6 Å². The van der Waals surface area contributed by atoms with E-state index in [1.54, 1.807) is 32.9 Å². The maximum Gasteiger partial charge on any atom is 0.146 e. The summed E-state index contributed by atoms with van der Waals surface area (Å²) in [5, 5.41) is 8.79. The van der Waals surface area contributed by atoms with Gasteiger partial charge in [-0.05, 0) is 26.8 Å². The highest BCUT2D eigenvalue weighted by atomic mass is 32.2. The van der Waals surface area contributed by atoms with Crippen LogP contribution in [-0.4, -0.2) is 8.96 Å². The van der Waals surface area contributed by atoms with Gasteiger partial charge in [-0.25, -0.2) is 13.3 Å². The highest BCUT2D eigenvalue weighted by Crippen LogP contribution is 2.21. The molecule has 0 aromatic heterocycles. The van der Waals surface area contributed by atoms with E-state index in [0.717, 1.165) is 0 Å². The van der Waals surface area contributed by atoms with E-state index >= 15 is 0 Å². The van der Waals surface area contributed by atoms with E-state index < -0.39 is 27.6 Å². The lowest BCUT2D eigenvalue weighted by molar-refractivity contribution is 0.587. The molecule has 5 heteroatoms. The molecule has 1 aromatic rings. The Hall–Kier alpha value is -1.69. The van der Waals surface area contributed by atoms with Gasteiger partial charge in [0.1, 0.15) is 17.9 Å². The Morgan fingerprint density at radius 2 is 2.11 bits per heavy atom. The van der Waals surface area contributed by atoms with Crippen LogP contribution in [-0.2, 0) is 11.0 Å². The molecule has 0 spiro atoms. The molecule has 0 aliphatic heterocycles. The number of hydrogen-bond acceptors (Lipinski definition) is 2. The minimum Gasteiger partial charge on any atom is -0.242 e. The van der Waals surface area contributed by atoms with Gasteiger partial charge in [0, 0.05) is 5.56 Å². The minimum atomic E-state index is -1.43. The molecule has 100 valence electrons. The zero-order valence-corrected chi connectivity index (χ0v) is 11.8. The van der Waals surface area contributed by atoms with Crippen LogP contribution in [0.25, 0.3) is 0 Å². The van der Waals surface area contributed by atoms with Gasteiger partial charge in [-0.3, -0.25) is 0 Å². The largest absolute Gasteiger partial charge is 0.242 e. The Kier molecular flexibility index (Phi) is 4.83. The van der Waals surface area contributed by atoms with Crippen LogP contribution in [0.2, 0.25) is 0 Å². The van der Waals surface area contributed by atoms with Gasteiger partial charge >= 0.3 is 0 Å². The van der Waals surface area contributed by atoms with Crippen LogP contribution in [0.15, 0.2) is 18.2 Å². The van der Waals surface area contributed by atoms with E-state index in [2.05, 4.69) is 10.6 Å². The summed E-state index contributed by atoms with van der Waals surface area (Å²) in [7, 11) is -1.43. The maximum absolute atomic E-state index is 14.0. The number of hydrogen-bond donors (Lipinski definition) is 1. The Morgan fingerprint density at radius 3 is 2.58 bits per heavy atom. The molecule has 0 amide bonds. The van der Waals surface area contributed by atoms with E-state index in [4.69, 9.17) is 11.7 Å². The van der Waals surface area contributed by atoms with Gasteiger partial charge in [0.2, 0.25) is 0 Å². The van der Waals surface area contributed by atoms with E-state index in [1.165, 1.54) is 12.1 Å². The first-order valence-corrected chi connectivity index (χ1v) is 6.79. The molecule has 19 heavy (non-hydrogen) atoms. The van der Waals surface area contributed by atoms with Gasteiger partial charge in [-0.2, -0.15) is 5.26 Å². The molecule has 0 aliphatic carbocycles. The third kappa shape index (κ3) is 3.64. The second kappa shape index (κ2) is 5.97. The molecule has 0 radical (unpaired) electrons. The van der Waals surface area contributed by atoms with Crippen molar-refractivity contribution in [2.24, 2.45) is 0 Å². The average Bonchev–Trinajstić information content (AvgIpc) is 2.35. The van der Waals surface area contributed by atoms with Crippen LogP contribution in [0.1, 0.15) is 37.9 Å². The topological polar surface area (TPSA) is 52.9 Å². The summed E-state index contributed by atoms with van der Waals surface area (Å²) < 4.78 is 28.2. The first-order valence-electron chi connectivity index (χ1n) is 5.64. The molecule has 0 fully saturated rings. The molecule has 1 rings (SSSR count). The normalized spacial score (nSPS) is 14.2. The zero-order chi connectivity index (χ0) is 14.6. The molecular formula is C14H15FN2OS. The average molecular weight is 278 g/mol. The van der Waals surface area contributed by atoms with Crippen molar-refractivity contribution >= 4 is 11.0 Å². The summed E-state index contributed by atoms with van der Waals surface area (Å²) in [5.41, 5.74) is 0.0697. The summed E-state index contributed by atoms with van der Waals surface area (Å²) in [5.74, 6) is 1.69. The Morgan fingerprint density at radius 1 is 1.47 bits per heavy atom. The summed E-state index contributed by atoms with van der Waals surface area (Å²) >= 11 is 0. The summed E-state index contributed by atoms with van der Waals surface area (Å²) in [6.07, 6.45) is 5.36. The van der Waals surface area contributed by atoms with E-state index in [0.29, 0.717) is 0 Å². The summed E-state index contributed by atoms with van der Waals surface area (Å²) in [6, 6.07) is 5.30. The Balaban J connectivity index is 3.11. The third-order valence-electron chi connectivity index (χ3n) is 2.41. The second-order valence-electron chi connectivity index (χ2n) is 4.92.